The molecule has 33 heavy (non-hydrogen) atoms. The summed E-state index contributed by atoms with van der Waals surface area (Å²) < 4.78 is 50.4. The molecular weight excluding hydrogens is 450 g/mol. The van der Waals surface area contributed by atoms with Gasteiger partial charge in [-0.2, -0.15) is 4.31 Å². The number of rotatable bonds is 9. The van der Waals surface area contributed by atoms with Gasteiger partial charge in [0, 0.05) is 30.9 Å². The smallest absolute Gasteiger partial charge is 0.243 e. The first-order chi connectivity index (χ1) is 15.9. The fraction of sp³-hybridized carbons (Fsp3) is 0.391. The van der Waals surface area contributed by atoms with E-state index in [9.17, 15) is 22.4 Å². The highest BCUT2D eigenvalue weighted by Crippen LogP contribution is 2.35. The molecule has 1 fully saturated rings. The minimum absolute atomic E-state index is 0.0135. The summed E-state index contributed by atoms with van der Waals surface area (Å²) in [6, 6.07) is 9.64. The lowest BCUT2D eigenvalue weighted by Gasteiger charge is -2.23. The van der Waals surface area contributed by atoms with Crippen molar-refractivity contribution < 1.29 is 31.9 Å². The molecule has 0 bridgehead atoms. The highest BCUT2D eigenvalue weighted by Gasteiger charge is 2.41. The molecule has 0 radical (unpaired) electrons. The zero-order chi connectivity index (χ0) is 23.6. The van der Waals surface area contributed by atoms with Crippen molar-refractivity contribution in [3.05, 3.63) is 53.6 Å². The molecule has 2 aromatic rings. The first-order valence-electron chi connectivity index (χ1n) is 10.7. The maximum Gasteiger partial charge on any atom is 0.243 e. The minimum Gasteiger partial charge on any atom is -0.491 e. The van der Waals surface area contributed by atoms with Crippen LogP contribution >= 0.6 is 0 Å². The summed E-state index contributed by atoms with van der Waals surface area (Å²) in [5, 5.41) is 3.02. The second-order valence-electron chi connectivity index (χ2n) is 7.95. The van der Waals surface area contributed by atoms with Crippen LogP contribution < -0.4 is 10.1 Å². The highest BCUT2D eigenvalue weighted by molar-refractivity contribution is 7.89. The van der Waals surface area contributed by atoms with Crippen LogP contribution in [0.1, 0.15) is 34.8 Å². The Morgan fingerprint density at radius 2 is 1.91 bits per heavy atom. The van der Waals surface area contributed by atoms with Crippen LogP contribution in [0.15, 0.2) is 47.4 Å². The Hall–Kier alpha value is -2.82. The number of Topliss-reactive ketones (excluding diaryl/α,β-unsaturated/α-hetero) is 2. The van der Waals surface area contributed by atoms with Crippen LogP contribution in [-0.2, 0) is 19.6 Å². The third kappa shape index (κ3) is 4.50. The second-order valence-corrected chi connectivity index (χ2v) is 9.84. The summed E-state index contributed by atoms with van der Waals surface area (Å²) in [6.45, 7) is 0.0311. The first-order valence-corrected chi connectivity index (χ1v) is 12.1. The molecule has 0 saturated carbocycles. The molecule has 176 valence electrons. The van der Waals surface area contributed by atoms with E-state index in [4.69, 9.17) is 9.47 Å². The minimum atomic E-state index is -3.83. The molecule has 1 heterocycles. The van der Waals surface area contributed by atoms with Crippen LogP contribution in [-0.4, -0.2) is 63.9 Å². The number of hydrogen-bond donors (Lipinski definition) is 1. The third-order valence-corrected chi connectivity index (χ3v) is 7.81. The van der Waals surface area contributed by atoms with Gasteiger partial charge in [0.25, 0.3) is 0 Å². The van der Waals surface area contributed by atoms with Crippen molar-refractivity contribution in [2.45, 2.75) is 29.8 Å². The number of nitrogens with zero attached hydrogens (tertiary/aromatic N) is 1. The van der Waals surface area contributed by atoms with Gasteiger partial charge in [0.15, 0.2) is 0 Å². The van der Waals surface area contributed by atoms with Gasteiger partial charge < -0.3 is 14.8 Å². The largest absolute Gasteiger partial charge is 0.491 e. The number of carbonyl (C=O) groups is 2. The van der Waals surface area contributed by atoms with Crippen molar-refractivity contribution in [2.75, 3.05) is 38.9 Å². The van der Waals surface area contributed by atoms with Gasteiger partial charge in [-0.15, -0.1) is 0 Å². The van der Waals surface area contributed by atoms with E-state index >= 15 is 0 Å². The molecule has 1 aliphatic carbocycles. The van der Waals surface area contributed by atoms with E-state index in [2.05, 4.69) is 5.32 Å². The molecule has 1 aliphatic heterocycles. The van der Waals surface area contributed by atoms with E-state index in [0.29, 0.717) is 36.6 Å². The Labute approximate surface area is 191 Å². The van der Waals surface area contributed by atoms with Gasteiger partial charge in [0.05, 0.1) is 11.5 Å². The molecule has 0 amide bonds. The summed E-state index contributed by atoms with van der Waals surface area (Å²) in [4.78, 5) is 25.3. The second kappa shape index (κ2) is 9.58. The predicted molar refractivity (Wildman–Crippen MR) is 119 cm³/mol. The number of benzene rings is 2. The van der Waals surface area contributed by atoms with Gasteiger partial charge in [-0.3, -0.25) is 9.59 Å². The molecule has 1 unspecified atom stereocenters. The van der Waals surface area contributed by atoms with Crippen molar-refractivity contribution >= 4 is 27.3 Å². The van der Waals surface area contributed by atoms with Crippen molar-refractivity contribution in [1.82, 2.24) is 4.31 Å². The SMILES string of the molecule is COC[C@@H]1CCCN1S(=O)(=O)c1ccc2c(c1)C(=O)C(=O)C2Nc1ccc(OCC[18F])cc1. The zero-order valence-electron chi connectivity index (χ0n) is 18.1. The quantitative estimate of drug-likeness (QED) is 0.557. The fourth-order valence-corrected chi connectivity index (χ4v) is 5.99. The van der Waals surface area contributed by atoms with Gasteiger partial charge in [-0.05, 0) is 54.8 Å². The number of methoxy groups -OCH3 is 1. The van der Waals surface area contributed by atoms with E-state index in [1.54, 1.807) is 24.3 Å². The van der Waals surface area contributed by atoms with Crippen molar-refractivity contribution in [3.63, 3.8) is 0 Å². The van der Waals surface area contributed by atoms with Crippen LogP contribution in [0.4, 0.5) is 10.1 Å². The Balaban J connectivity index is 1.58. The third-order valence-electron chi connectivity index (χ3n) is 5.87. The fourth-order valence-electron chi connectivity index (χ4n) is 4.28. The maximum atomic E-state index is 13.2. The summed E-state index contributed by atoms with van der Waals surface area (Å²) in [5.74, 6) is -0.899. The Morgan fingerprint density at radius 3 is 2.61 bits per heavy atom. The summed E-state index contributed by atoms with van der Waals surface area (Å²) >= 11 is 0. The molecule has 1 saturated heterocycles. The number of fused-ring (bicyclic) bond motifs is 1. The zero-order valence-corrected chi connectivity index (χ0v) is 18.9. The molecule has 8 nitrogen and oxygen atoms in total. The van der Waals surface area contributed by atoms with Crippen molar-refractivity contribution in [1.29, 1.82) is 0 Å². The lowest BCUT2D eigenvalue weighted by Crippen LogP contribution is -2.38. The van der Waals surface area contributed by atoms with Gasteiger partial charge in [0.2, 0.25) is 21.6 Å². The highest BCUT2D eigenvalue weighted by atomic mass is 32.2. The molecule has 2 aromatic carbocycles. The number of nitrogens with one attached hydrogen (secondary N) is 1. The van der Waals surface area contributed by atoms with Crippen molar-refractivity contribution in [2.24, 2.45) is 0 Å². The maximum absolute atomic E-state index is 13.2. The van der Waals surface area contributed by atoms with E-state index < -0.39 is 34.3 Å². The van der Waals surface area contributed by atoms with Crippen molar-refractivity contribution in [3.8, 4) is 5.75 Å². The number of alkyl halides is 1. The van der Waals surface area contributed by atoms with Crippen LogP contribution in [0, 0.1) is 0 Å². The normalized spacial score (nSPS) is 20.8. The van der Waals surface area contributed by atoms with E-state index in [-0.39, 0.29) is 23.1 Å². The van der Waals surface area contributed by atoms with E-state index in [1.165, 1.54) is 29.6 Å². The average molecular weight is 476 g/mol. The first kappa shape index (κ1) is 23.3. The summed E-state index contributed by atoms with van der Waals surface area (Å²) in [5.41, 5.74) is 1.08. The molecule has 10 heteroatoms. The molecule has 0 aromatic heterocycles. The lowest BCUT2D eigenvalue weighted by molar-refractivity contribution is -0.115. The Kier molecular flexibility index (Phi) is 6.78. The molecule has 2 aliphatic rings. The number of sulfonamides is 1. The number of hydrogen-bond acceptors (Lipinski definition) is 7. The van der Waals surface area contributed by atoms with Crippen LogP contribution in [0.25, 0.3) is 0 Å². The van der Waals surface area contributed by atoms with Gasteiger partial charge in [0.1, 0.15) is 25.1 Å². The molecule has 1 N–H and O–H groups in total. The van der Waals surface area contributed by atoms with E-state index in [1.807, 2.05) is 0 Å². The van der Waals surface area contributed by atoms with Gasteiger partial charge in [-0.1, -0.05) is 6.07 Å². The number of anilines is 1. The monoisotopic (exact) mass is 475 g/mol. The lowest BCUT2D eigenvalue weighted by atomic mass is 10.1. The van der Waals surface area contributed by atoms with Gasteiger partial charge >= 0.3 is 0 Å². The van der Waals surface area contributed by atoms with Gasteiger partial charge in [-0.25, -0.2) is 12.8 Å². The number of carbonyl (C=O) groups excluding carboxylic acids is 2. The average Bonchev–Trinajstić information content (AvgIpc) is 3.38. The van der Waals surface area contributed by atoms with Crippen LogP contribution in [0.5, 0.6) is 5.75 Å². The summed E-state index contributed by atoms with van der Waals surface area (Å²) in [6.07, 6.45) is 1.44. The predicted octanol–water partition coefficient (Wildman–Crippen LogP) is 2.75. The number of ketones is 2. The van der Waals surface area contributed by atoms with Crippen LogP contribution in [0.3, 0.4) is 0 Å². The topological polar surface area (TPSA) is 102 Å². The molecule has 4 rings (SSSR count). The Morgan fingerprint density at radius 1 is 1.15 bits per heavy atom. The summed E-state index contributed by atoms with van der Waals surface area (Å²) in [7, 11) is -2.30. The molecule has 2 atom stereocenters. The van der Waals surface area contributed by atoms with E-state index in [0.717, 1.165) is 6.42 Å². The number of ether oxygens (including phenoxy) is 2. The molecule has 0 spiro atoms. The Bertz CT molecular complexity index is 1150. The van der Waals surface area contributed by atoms with Crippen LogP contribution in [0.2, 0.25) is 0 Å². The molecular formula is C23H25FN2O6S. The standard InChI is InChI=1S/C23H25FN2O6S/c1-31-14-16-3-2-11-26(16)33(29,30)18-8-9-19-20(13-18)22(27)23(28)21(19)25-15-4-6-17(7-5-15)32-12-10-24/h4-9,13,16,21,25H,2-3,10-12,14H2,1H3/t16-,21?/m0/s1/i24-1. The number of halogens is 1.